The van der Waals surface area contributed by atoms with E-state index >= 15 is 0 Å². The lowest BCUT2D eigenvalue weighted by atomic mass is 10.1. The average Bonchev–Trinajstić information content (AvgIpc) is 2.64. The summed E-state index contributed by atoms with van der Waals surface area (Å²) in [6, 6.07) is 5.71. The van der Waals surface area contributed by atoms with Crippen molar-refractivity contribution in [1.82, 2.24) is 0 Å². The molecule has 1 rings (SSSR count). The Hall–Kier alpha value is -2.24. The molecular weight excluding hydrogens is 344 g/mol. The number of anilines is 2. The lowest BCUT2D eigenvalue weighted by molar-refractivity contribution is 0.159. The number of aryl methyl sites for hydroxylation is 1. The SMILES string of the molecule is CCCCN(C(=O)OCC)c1ccc(C)c(N(CCCC)C(=O)OCC)c1. The van der Waals surface area contributed by atoms with Gasteiger partial charge in [0, 0.05) is 18.8 Å². The zero-order valence-corrected chi connectivity index (χ0v) is 17.4. The van der Waals surface area contributed by atoms with Crippen molar-refractivity contribution in [3.05, 3.63) is 23.8 Å². The summed E-state index contributed by atoms with van der Waals surface area (Å²) >= 11 is 0. The van der Waals surface area contributed by atoms with Crippen LogP contribution in [0.1, 0.15) is 58.9 Å². The van der Waals surface area contributed by atoms with Gasteiger partial charge in [-0.1, -0.05) is 32.8 Å². The van der Waals surface area contributed by atoms with Crippen molar-refractivity contribution in [2.45, 2.75) is 60.3 Å². The third kappa shape index (κ3) is 6.77. The number of carbonyl (C=O) groups is 2. The van der Waals surface area contributed by atoms with Crippen molar-refractivity contribution in [1.29, 1.82) is 0 Å². The minimum Gasteiger partial charge on any atom is -0.449 e. The maximum absolute atomic E-state index is 12.5. The molecule has 2 amide bonds. The number of rotatable bonds is 10. The first-order valence-electron chi connectivity index (χ1n) is 9.99. The summed E-state index contributed by atoms with van der Waals surface area (Å²) < 4.78 is 10.5. The number of carbonyl (C=O) groups excluding carboxylic acids is 2. The van der Waals surface area contributed by atoms with Crippen LogP contribution in [0.3, 0.4) is 0 Å². The molecule has 0 bridgehead atoms. The lowest BCUT2D eigenvalue weighted by Gasteiger charge is -2.27. The second-order valence-corrected chi connectivity index (χ2v) is 6.38. The van der Waals surface area contributed by atoms with Crippen molar-refractivity contribution in [3.8, 4) is 0 Å². The molecule has 6 nitrogen and oxygen atoms in total. The first kappa shape index (κ1) is 22.8. The van der Waals surface area contributed by atoms with Crippen LogP contribution in [0, 0.1) is 6.92 Å². The molecule has 27 heavy (non-hydrogen) atoms. The van der Waals surface area contributed by atoms with Crippen LogP contribution in [0.15, 0.2) is 18.2 Å². The topological polar surface area (TPSA) is 59.1 Å². The molecule has 0 fully saturated rings. The predicted octanol–water partition coefficient (Wildman–Crippen LogP) is 5.52. The van der Waals surface area contributed by atoms with Crippen LogP contribution in [-0.4, -0.2) is 38.5 Å². The lowest BCUT2D eigenvalue weighted by Crippen LogP contribution is -2.35. The van der Waals surface area contributed by atoms with Crippen LogP contribution in [0.4, 0.5) is 21.0 Å². The van der Waals surface area contributed by atoms with E-state index in [4.69, 9.17) is 9.47 Å². The van der Waals surface area contributed by atoms with Gasteiger partial charge < -0.3 is 9.47 Å². The summed E-state index contributed by atoms with van der Waals surface area (Å²) in [5.74, 6) is 0. The Kier molecular flexibility index (Phi) is 10.3. The van der Waals surface area contributed by atoms with Crippen molar-refractivity contribution >= 4 is 23.6 Å². The minimum absolute atomic E-state index is 0.325. The molecule has 1 aromatic rings. The summed E-state index contributed by atoms with van der Waals surface area (Å²) in [4.78, 5) is 28.2. The van der Waals surface area contributed by atoms with Gasteiger partial charge in [-0.15, -0.1) is 0 Å². The van der Waals surface area contributed by atoms with Crippen molar-refractivity contribution in [2.75, 3.05) is 36.1 Å². The summed E-state index contributed by atoms with van der Waals surface area (Å²) in [7, 11) is 0. The van der Waals surface area contributed by atoms with E-state index in [0.717, 1.165) is 42.6 Å². The van der Waals surface area contributed by atoms with Gasteiger partial charge in [-0.2, -0.15) is 0 Å². The Bertz CT molecular complexity index is 604. The summed E-state index contributed by atoms with van der Waals surface area (Å²) in [6.07, 6.45) is 2.97. The highest BCUT2D eigenvalue weighted by Crippen LogP contribution is 2.28. The molecule has 6 heteroatoms. The number of nitrogens with zero attached hydrogens (tertiary/aromatic N) is 2. The second-order valence-electron chi connectivity index (χ2n) is 6.38. The number of hydrogen-bond acceptors (Lipinski definition) is 4. The molecule has 0 saturated carbocycles. The molecular formula is C21H34N2O4. The molecule has 0 atom stereocenters. The Morgan fingerprint density at radius 3 is 1.89 bits per heavy atom. The molecule has 1 aromatic carbocycles. The highest BCUT2D eigenvalue weighted by Gasteiger charge is 2.22. The highest BCUT2D eigenvalue weighted by molar-refractivity contribution is 5.92. The highest BCUT2D eigenvalue weighted by atomic mass is 16.6. The largest absolute Gasteiger partial charge is 0.449 e. The van der Waals surface area contributed by atoms with Gasteiger partial charge in [0.2, 0.25) is 0 Å². The molecule has 0 saturated heterocycles. The number of unbranched alkanes of at least 4 members (excludes halogenated alkanes) is 2. The van der Waals surface area contributed by atoms with Gasteiger partial charge >= 0.3 is 12.2 Å². The van der Waals surface area contributed by atoms with Gasteiger partial charge in [0.1, 0.15) is 0 Å². The van der Waals surface area contributed by atoms with E-state index < -0.39 is 0 Å². The van der Waals surface area contributed by atoms with Crippen LogP contribution < -0.4 is 9.80 Å². The molecule has 0 spiro atoms. The van der Waals surface area contributed by atoms with Crippen LogP contribution in [0.2, 0.25) is 0 Å². The van der Waals surface area contributed by atoms with E-state index in [9.17, 15) is 9.59 Å². The first-order chi connectivity index (χ1) is 13.0. The minimum atomic E-state index is -0.364. The maximum atomic E-state index is 12.5. The number of hydrogen-bond donors (Lipinski definition) is 0. The van der Waals surface area contributed by atoms with E-state index in [1.54, 1.807) is 23.6 Å². The molecule has 0 heterocycles. The zero-order chi connectivity index (χ0) is 20.2. The molecule has 0 aliphatic rings. The molecule has 0 aliphatic heterocycles. The van der Waals surface area contributed by atoms with Crippen LogP contribution in [-0.2, 0) is 9.47 Å². The summed E-state index contributed by atoms with van der Waals surface area (Å²) in [6.45, 7) is 11.5. The molecule has 0 radical (unpaired) electrons. The Morgan fingerprint density at radius 1 is 0.852 bits per heavy atom. The van der Waals surface area contributed by atoms with Crippen molar-refractivity contribution < 1.29 is 19.1 Å². The molecule has 0 N–H and O–H groups in total. The van der Waals surface area contributed by atoms with Gasteiger partial charge in [-0.05, 0) is 51.3 Å². The smallest absolute Gasteiger partial charge is 0.414 e. The number of amides is 2. The average molecular weight is 379 g/mol. The fraction of sp³-hybridized carbons (Fsp3) is 0.619. The quantitative estimate of drug-likeness (QED) is 0.538. The normalized spacial score (nSPS) is 10.4. The Balaban J connectivity index is 3.26. The van der Waals surface area contributed by atoms with Gasteiger partial charge in [0.25, 0.3) is 0 Å². The van der Waals surface area contributed by atoms with E-state index in [0.29, 0.717) is 26.3 Å². The van der Waals surface area contributed by atoms with E-state index in [2.05, 4.69) is 13.8 Å². The van der Waals surface area contributed by atoms with Crippen molar-refractivity contribution in [3.63, 3.8) is 0 Å². The summed E-state index contributed by atoms with van der Waals surface area (Å²) in [5, 5.41) is 0. The van der Waals surface area contributed by atoms with E-state index in [-0.39, 0.29) is 12.2 Å². The summed E-state index contributed by atoms with van der Waals surface area (Å²) in [5.41, 5.74) is 2.46. The Labute approximate surface area is 163 Å². The van der Waals surface area contributed by atoms with Crippen LogP contribution in [0.5, 0.6) is 0 Å². The fourth-order valence-corrected chi connectivity index (χ4v) is 2.73. The second kappa shape index (κ2) is 12.2. The van der Waals surface area contributed by atoms with Crippen LogP contribution >= 0.6 is 0 Å². The third-order valence-electron chi connectivity index (χ3n) is 4.24. The molecule has 0 aliphatic carbocycles. The van der Waals surface area contributed by atoms with Crippen molar-refractivity contribution in [2.24, 2.45) is 0 Å². The zero-order valence-electron chi connectivity index (χ0n) is 17.4. The molecule has 0 aromatic heterocycles. The van der Waals surface area contributed by atoms with Gasteiger partial charge in [-0.25, -0.2) is 9.59 Å². The molecule has 152 valence electrons. The molecule has 0 unspecified atom stereocenters. The fourth-order valence-electron chi connectivity index (χ4n) is 2.73. The first-order valence-corrected chi connectivity index (χ1v) is 9.99. The number of benzene rings is 1. The standard InChI is InChI=1S/C21H34N2O4/c1-6-10-14-22(20(24)26-8-3)18-13-12-17(5)19(16-18)23(15-11-7-2)21(25)27-9-4/h12-13,16H,6-11,14-15H2,1-5H3. The third-order valence-corrected chi connectivity index (χ3v) is 4.24. The van der Waals surface area contributed by atoms with E-state index in [1.165, 1.54) is 0 Å². The van der Waals surface area contributed by atoms with E-state index in [1.807, 2.05) is 25.1 Å². The predicted molar refractivity (Wildman–Crippen MR) is 110 cm³/mol. The maximum Gasteiger partial charge on any atom is 0.414 e. The van der Waals surface area contributed by atoms with Gasteiger partial charge in [0.05, 0.1) is 18.9 Å². The monoisotopic (exact) mass is 378 g/mol. The van der Waals surface area contributed by atoms with Gasteiger partial charge in [-0.3, -0.25) is 9.80 Å². The van der Waals surface area contributed by atoms with Crippen LogP contribution in [0.25, 0.3) is 0 Å². The number of ether oxygens (including phenoxy) is 2. The Morgan fingerprint density at radius 2 is 1.37 bits per heavy atom. The van der Waals surface area contributed by atoms with Gasteiger partial charge in [0.15, 0.2) is 0 Å².